The molecule has 0 saturated heterocycles. The van der Waals surface area contributed by atoms with Crippen molar-refractivity contribution in [2.75, 3.05) is 6.61 Å². The number of ether oxygens (including phenoxy) is 1. The molecule has 94 valence electrons. The first-order valence-corrected chi connectivity index (χ1v) is 5.34. The maximum absolute atomic E-state index is 11.6. The number of esters is 1. The fourth-order valence-corrected chi connectivity index (χ4v) is 1.44. The predicted molar refractivity (Wildman–Crippen MR) is 62.4 cm³/mol. The summed E-state index contributed by atoms with van der Waals surface area (Å²) in [7, 11) is 0. The van der Waals surface area contributed by atoms with Crippen LogP contribution in [0.15, 0.2) is 11.1 Å². The van der Waals surface area contributed by atoms with E-state index < -0.39 is 11.6 Å². The van der Waals surface area contributed by atoms with Gasteiger partial charge in [-0.15, -0.1) is 0 Å². The van der Waals surface area contributed by atoms with E-state index in [9.17, 15) is 9.90 Å². The Morgan fingerprint density at radius 3 is 2.59 bits per heavy atom. The number of nitrogens with zero attached hydrogens (tertiary/aromatic N) is 1. The second kappa shape index (κ2) is 4.71. The molecule has 0 bridgehead atoms. The normalized spacial score (nSPS) is 11.4. The van der Waals surface area contributed by atoms with E-state index in [-0.39, 0.29) is 18.1 Å². The Labute approximate surface area is 100 Å². The second-order valence-corrected chi connectivity index (χ2v) is 4.30. The van der Waals surface area contributed by atoms with Gasteiger partial charge in [0.2, 0.25) is 0 Å². The SMILES string of the molecule is C=C(C)c1c(C(=O)OCC)noc1C(C)(C)O. The molecule has 0 atom stereocenters. The van der Waals surface area contributed by atoms with Gasteiger partial charge >= 0.3 is 5.97 Å². The third kappa shape index (κ3) is 2.74. The van der Waals surface area contributed by atoms with Gasteiger partial charge in [-0.1, -0.05) is 11.7 Å². The first kappa shape index (κ1) is 13.4. The quantitative estimate of drug-likeness (QED) is 0.815. The molecule has 0 fully saturated rings. The fourth-order valence-electron chi connectivity index (χ4n) is 1.44. The van der Waals surface area contributed by atoms with Crippen molar-refractivity contribution in [3.8, 4) is 0 Å². The fraction of sp³-hybridized carbons (Fsp3) is 0.500. The molecule has 0 aliphatic heterocycles. The summed E-state index contributed by atoms with van der Waals surface area (Å²) in [6, 6.07) is 0. The van der Waals surface area contributed by atoms with Gasteiger partial charge < -0.3 is 14.4 Å². The van der Waals surface area contributed by atoms with Gasteiger partial charge in [0, 0.05) is 0 Å². The topological polar surface area (TPSA) is 72.6 Å². The van der Waals surface area contributed by atoms with Crippen molar-refractivity contribution >= 4 is 11.5 Å². The van der Waals surface area contributed by atoms with E-state index in [1.54, 1.807) is 27.7 Å². The van der Waals surface area contributed by atoms with E-state index in [1.807, 2.05) is 0 Å². The van der Waals surface area contributed by atoms with Crippen molar-refractivity contribution in [3.05, 3.63) is 23.6 Å². The van der Waals surface area contributed by atoms with Gasteiger partial charge in [0.1, 0.15) is 5.60 Å². The van der Waals surface area contributed by atoms with Crippen LogP contribution < -0.4 is 0 Å². The van der Waals surface area contributed by atoms with E-state index in [0.717, 1.165) is 0 Å². The summed E-state index contributed by atoms with van der Waals surface area (Å²) in [5.74, 6) is -0.363. The number of aliphatic hydroxyl groups is 1. The predicted octanol–water partition coefficient (Wildman–Crippen LogP) is 2.11. The third-order valence-corrected chi connectivity index (χ3v) is 2.14. The lowest BCUT2D eigenvalue weighted by atomic mass is 9.97. The van der Waals surface area contributed by atoms with Gasteiger partial charge in [0.25, 0.3) is 0 Å². The second-order valence-electron chi connectivity index (χ2n) is 4.30. The molecule has 5 nitrogen and oxygen atoms in total. The average Bonchev–Trinajstić information content (AvgIpc) is 2.61. The Morgan fingerprint density at radius 2 is 2.18 bits per heavy atom. The highest BCUT2D eigenvalue weighted by Crippen LogP contribution is 2.30. The van der Waals surface area contributed by atoms with Crippen molar-refractivity contribution in [2.24, 2.45) is 0 Å². The van der Waals surface area contributed by atoms with Gasteiger partial charge in [-0.3, -0.25) is 0 Å². The molecule has 0 radical (unpaired) electrons. The molecule has 0 aliphatic carbocycles. The third-order valence-electron chi connectivity index (χ3n) is 2.14. The minimum absolute atomic E-state index is 0.0523. The average molecular weight is 239 g/mol. The number of carbonyl (C=O) groups excluding carboxylic acids is 1. The molecule has 5 heteroatoms. The molecule has 0 unspecified atom stereocenters. The molecular weight excluding hydrogens is 222 g/mol. The molecule has 1 aromatic heterocycles. The van der Waals surface area contributed by atoms with E-state index in [4.69, 9.17) is 9.26 Å². The molecule has 1 aromatic rings. The van der Waals surface area contributed by atoms with Crippen LogP contribution >= 0.6 is 0 Å². The van der Waals surface area contributed by atoms with E-state index in [1.165, 1.54) is 0 Å². The standard InChI is InChI=1S/C12H17NO4/c1-6-16-11(14)9-8(7(2)3)10(17-13-9)12(4,5)15/h15H,2,6H2,1,3-5H3. The lowest BCUT2D eigenvalue weighted by Crippen LogP contribution is -2.17. The highest BCUT2D eigenvalue weighted by atomic mass is 16.5. The van der Waals surface area contributed by atoms with Crippen LogP contribution in [0.4, 0.5) is 0 Å². The zero-order valence-electron chi connectivity index (χ0n) is 10.5. The zero-order chi connectivity index (χ0) is 13.2. The number of hydrogen-bond acceptors (Lipinski definition) is 5. The van der Waals surface area contributed by atoms with Gasteiger partial charge in [-0.25, -0.2) is 4.79 Å². The molecule has 0 saturated carbocycles. The van der Waals surface area contributed by atoms with Crippen molar-refractivity contribution in [1.82, 2.24) is 5.16 Å². The van der Waals surface area contributed by atoms with E-state index >= 15 is 0 Å². The van der Waals surface area contributed by atoms with Crippen LogP contribution in [-0.2, 0) is 10.3 Å². The summed E-state index contributed by atoms with van der Waals surface area (Å²) < 4.78 is 9.89. The molecule has 1 N–H and O–H groups in total. The van der Waals surface area contributed by atoms with Gasteiger partial charge in [0.15, 0.2) is 11.5 Å². The summed E-state index contributed by atoms with van der Waals surface area (Å²) >= 11 is 0. The highest BCUT2D eigenvalue weighted by Gasteiger charge is 2.31. The summed E-state index contributed by atoms with van der Waals surface area (Å²) in [6.45, 7) is 10.5. The van der Waals surface area contributed by atoms with E-state index in [0.29, 0.717) is 11.1 Å². The summed E-state index contributed by atoms with van der Waals surface area (Å²) in [5, 5.41) is 13.6. The number of hydrogen-bond donors (Lipinski definition) is 1. The maximum atomic E-state index is 11.6. The first-order valence-electron chi connectivity index (χ1n) is 5.34. The Balaban J connectivity index is 3.30. The smallest absolute Gasteiger partial charge is 0.361 e. The summed E-state index contributed by atoms with van der Waals surface area (Å²) in [6.07, 6.45) is 0. The number of rotatable bonds is 4. The maximum Gasteiger partial charge on any atom is 0.361 e. The lowest BCUT2D eigenvalue weighted by Gasteiger charge is -2.15. The van der Waals surface area contributed by atoms with Crippen LogP contribution in [0.25, 0.3) is 5.57 Å². The Morgan fingerprint density at radius 1 is 1.59 bits per heavy atom. The van der Waals surface area contributed by atoms with Gasteiger partial charge in [-0.05, 0) is 33.3 Å². The molecule has 0 aliphatic rings. The number of allylic oxidation sites excluding steroid dienone is 1. The summed E-state index contributed by atoms with van der Waals surface area (Å²) in [5.41, 5.74) is -0.176. The monoisotopic (exact) mass is 239 g/mol. The molecule has 0 amide bonds. The molecule has 0 spiro atoms. The molecule has 1 rings (SSSR count). The minimum Gasteiger partial charge on any atom is -0.461 e. The molecular formula is C12H17NO4. The van der Waals surface area contributed by atoms with Crippen LogP contribution in [0.5, 0.6) is 0 Å². The largest absolute Gasteiger partial charge is 0.461 e. The van der Waals surface area contributed by atoms with Crippen molar-refractivity contribution in [2.45, 2.75) is 33.3 Å². The number of carbonyl (C=O) groups is 1. The number of aromatic nitrogens is 1. The van der Waals surface area contributed by atoms with Crippen molar-refractivity contribution in [1.29, 1.82) is 0 Å². The molecule has 0 aromatic carbocycles. The Kier molecular flexibility index (Phi) is 3.72. The first-order chi connectivity index (χ1) is 7.79. The molecule has 1 heterocycles. The zero-order valence-corrected chi connectivity index (χ0v) is 10.5. The van der Waals surface area contributed by atoms with Crippen LogP contribution in [-0.4, -0.2) is 22.8 Å². The van der Waals surface area contributed by atoms with Crippen LogP contribution in [0.2, 0.25) is 0 Å². The molecule has 17 heavy (non-hydrogen) atoms. The van der Waals surface area contributed by atoms with Crippen molar-refractivity contribution in [3.63, 3.8) is 0 Å². The van der Waals surface area contributed by atoms with Crippen LogP contribution in [0, 0.1) is 0 Å². The lowest BCUT2D eigenvalue weighted by molar-refractivity contribution is 0.0456. The van der Waals surface area contributed by atoms with Crippen LogP contribution in [0.1, 0.15) is 49.5 Å². The Hall–Kier alpha value is -1.62. The van der Waals surface area contributed by atoms with Gasteiger partial charge in [0.05, 0.1) is 12.2 Å². The van der Waals surface area contributed by atoms with Gasteiger partial charge in [-0.2, -0.15) is 0 Å². The van der Waals surface area contributed by atoms with E-state index in [2.05, 4.69) is 11.7 Å². The Bertz CT molecular complexity index is 440. The van der Waals surface area contributed by atoms with Crippen molar-refractivity contribution < 1.29 is 19.2 Å². The summed E-state index contributed by atoms with van der Waals surface area (Å²) in [4.78, 5) is 11.6. The van der Waals surface area contributed by atoms with Crippen LogP contribution in [0.3, 0.4) is 0 Å². The highest BCUT2D eigenvalue weighted by molar-refractivity contribution is 5.93. The minimum atomic E-state index is -1.23.